The van der Waals surface area contributed by atoms with Crippen LogP contribution in [-0.2, 0) is 41.8 Å². The zero-order chi connectivity index (χ0) is 39.7. The van der Waals surface area contributed by atoms with E-state index in [1.807, 2.05) is 0 Å². The Morgan fingerprint density at radius 3 is 1.58 bits per heavy atom. The summed E-state index contributed by atoms with van der Waals surface area (Å²) < 4.78 is 48.1. The highest BCUT2D eigenvalue weighted by Crippen LogP contribution is 2.48. The molecule has 0 amide bonds. The fourth-order valence-electron chi connectivity index (χ4n) is 5.07. The third kappa shape index (κ3) is 22.3. The highest BCUT2D eigenvalue weighted by molar-refractivity contribution is 7.47. The molecule has 0 aliphatic heterocycles. The number of phosphoric ester groups is 2. The standard InChI is InChI=1S/C35H52O16P2/c1-3-5-7-9-11-12-13-14-15-16-18-20-22-24-29(37)49-27(25-47-28(36)23-21-19-17-10-8-6-4-2)26-48-53(45,46)51-35-32(40)30(38)34(31(39)33(35)41)50-52(42,43)44/h27,30-35,38-41H,3,5,7,9,11-16,18,20,22,24-26H2,1-2H3,(H,45,46)(H2,42,43,44)/t27-,30+,31?,32?,33+,34?,35?/m1/s1. The topological polar surface area (TPSA) is 256 Å². The Morgan fingerprint density at radius 1 is 0.642 bits per heavy atom. The molecule has 53 heavy (non-hydrogen) atoms. The fourth-order valence-corrected chi connectivity index (χ4v) is 6.61. The second-order valence-corrected chi connectivity index (χ2v) is 14.8. The summed E-state index contributed by atoms with van der Waals surface area (Å²) in [7, 11) is -10.6. The summed E-state index contributed by atoms with van der Waals surface area (Å²) >= 11 is 0. The van der Waals surface area contributed by atoms with Crippen LogP contribution in [0, 0.1) is 47.4 Å². The Bertz CT molecular complexity index is 1450. The normalized spacial score (nSPS) is 22.5. The van der Waals surface area contributed by atoms with Crippen LogP contribution in [0.4, 0.5) is 0 Å². The van der Waals surface area contributed by atoms with Gasteiger partial charge in [-0.2, -0.15) is 0 Å². The first-order valence-corrected chi connectivity index (χ1v) is 20.5. The van der Waals surface area contributed by atoms with Crippen molar-refractivity contribution < 1.29 is 76.9 Å². The Hall–Kier alpha value is -2.76. The molecule has 1 aliphatic carbocycles. The predicted octanol–water partition coefficient (Wildman–Crippen LogP) is 2.39. The number of aliphatic hydroxyl groups is 4. The number of aliphatic hydroxyl groups excluding tert-OH is 4. The number of esters is 2. The average molecular weight is 791 g/mol. The van der Waals surface area contributed by atoms with E-state index in [1.165, 1.54) is 51.4 Å². The lowest BCUT2D eigenvalue weighted by molar-refractivity contribution is -0.216. The monoisotopic (exact) mass is 790 g/mol. The molecule has 0 aromatic heterocycles. The third-order valence-electron chi connectivity index (χ3n) is 7.77. The number of carbonyl (C=O) groups is 2. The fraction of sp³-hybridized carbons (Fsp3) is 0.714. The minimum absolute atomic E-state index is 0.0115. The lowest BCUT2D eigenvalue weighted by Crippen LogP contribution is -2.64. The summed E-state index contributed by atoms with van der Waals surface area (Å²) in [5.74, 6) is 16.9. The molecule has 0 aromatic carbocycles. The molecule has 1 rings (SSSR count). The predicted molar refractivity (Wildman–Crippen MR) is 190 cm³/mol. The zero-order valence-corrected chi connectivity index (χ0v) is 31.8. The molecule has 1 fully saturated rings. The van der Waals surface area contributed by atoms with Gasteiger partial charge in [0.2, 0.25) is 0 Å². The van der Waals surface area contributed by atoms with E-state index in [1.54, 1.807) is 6.92 Å². The number of carbonyl (C=O) groups excluding carboxylic acids is 2. The Kier molecular flexibility index (Phi) is 24.5. The summed E-state index contributed by atoms with van der Waals surface area (Å²) in [6.45, 7) is 2.18. The Balaban J connectivity index is 2.75. The van der Waals surface area contributed by atoms with Gasteiger partial charge in [-0.25, -0.2) is 13.9 Å². The maximum absolute atomic E-state index is 12.8. The number of ether oxygens (including phenoxy) is 2. The molecular weight excluding hydrogens is 738 g/mol. The van der Waals surface area contributed by atoms with Gasteiger partial charge in [0.1, 0.15) is 43.2 Å². The van der Waals surface area contributed by atoms with Crippen molar-refractivity contribution in [3.8, 4) is 47.4 Å². The van der Waals surface area contributed by atoms with Crippen molar-refractivity contribution >= 4 is 27.6 Å². The van der Waals surface area contributed by atoms with Gasteiger partial charge in [-0.1, -0.05) is 89.9 Å². The molecule has 5 unspecified atom stereocenters. The van der Waals surface area contributed by atoms with E-state index < -0.39 is 83.5 Å². The molecule has 298 valence electrons. The smallest absolute Gasteiger partial charge is 0.456 e. The summed E-state index contributed by atoms with van der Waals surface area (Å²) in [6.07, 6.45) is -0.814. The van der Waals surface area contributed by atoms with Gasteiger partial charge in [0.15, 0.2) is 6.10 Å². The van der Waals surface area contributed by atoms with Gasteiger partial charge < -0.3 is 44.6 Å². The Labute approximate surface area is 311 Å². The van der Waals surface area contributed by atoms with Crippen molar-refractivity contribution in [3.63, 3.8) is 0 Å². The van der Waals surface area contributed by atoms with Gasteiger partial charge in [0.25, 0.3) is 0 Å². The number of unbranched alkanes of at least 4 members (excludes halogenated alkanes) is 12. The Morgan fingerprint density at radius 2 is 1.09 bits per heavy atom. The van der Waals surface area contributed by atoms with Crippen LogP contribution in [-0.4, -0.2) is 103 Å². The molecule has 0 spiro atoms. The summed E-state index contributed by atoms with van der Waals surface area (Å²) in [5, 5.41) is 41.0. The highest BCUT2D eigenvalue weighted by Gasteiger charge is 2.54. The van der Waals surface area contributed by atoms with E-state index in [4.69, 9.17) is 28.3 Å². The van der Waals surface area contributed by atoms with Crippen LogP contribution >= 0.6 is 15.6 Å². The van der Waals surface area contributed by atoms with E-state index in [9.17, 15) is 44.0 Å². The van der Waals surface area contributed by atoms with Gasteiger partial charge in [-0.15, -0.1) is 0 Å². The molecule has 0 bridgehead atoms. The first kappa shape index (κ1) is 48.3. The van der Waals surface area contributed by atoms with E-state index >= 15 is 0 Å². The highest BCUT2D eigenvalue weighted by atomic mass is 31.2. The van der Waals surface area contributed by atoms with Crippen LogP contribution in [0.5, 0.6) is 0 Å². The zero-order valence-electron chi connectivity index (χ0n) is 30.1. The quantitative estimate of drug-likeness (QED) is 0.0244. The number of hydrogen-bond acceptors (Lipinski definition) is 13. The summed E-state index contributed by atoms with van der Waals surface area (Å²) in [5.41, 5.74) is 0. The lowest BCUT2D eigenvalue weighted by Gasteiger charge is -2.43. The van der Waals surface area contributed by atoms with E-state index in [-0.39, 0.29) is 6.42 Å². The molecule has 1 aliphatic rings. The molecule has 1 saturated carbocycles. The molecule has 8 atom stereocenters. The number of rotatable bonds is 24. The van der Waals surface area contributed by atoms with Crippen LogP contribution in [0.15, 0.2) is 0 Å². The van der Waals surface area contributed by atoms with Crippen molar-refractivity contribution in [2.45, 2.75) is 146 Å². The minimum Gasteiger partial charge on any atom is -0.456 e. The molecule has 16 nitrogen and oxygen atoms in total. The summed E-state index contributed by atoms with van der Waals surface area (Å²) in [4.78, 5) is 53.0. The molecule has 0 aromatic rings. The van der Waals surface area contributed by atoms with Crippen molar-refractivity contribution in [3.05, 3.63) is 0 Å². The molecule has 0 saturated heterocycles. The minimum atomic E-state index is -5.32. The lowest BCUT2D eigenvalue weighted by atomic mass is 9.85. The second-order valence-electron chi connectivity index (χ2n) is 12.2. The maximum atomic E-state index is 12.8. The van der Waals surface area contributed by atoms with Crippen LogP contribution in [0.25, 0.3) is 0 Å². The van der Waals surface area contributed by atoms with Crippen molar-refractivity contribution in [2.75, 3.05) is 13.2 Å². The maximum Gasteiger partial charge on any atom is 0.472 e. The van der Waals surface area contributed by atoms with Gasteiger partial charge >= 0.3 is 27.6 Å². The molecule has 0 radical (unpaired) electrons. The largest absolute Gasteiger partial charge is 0.472 e. The molecule has 18 heteroatoms. The van der Waals surface area contributed by atoms with Gasteiger partial charge in [-0.05, 0) is 48.9 Å². The molecule has 0 heterocycles. The molecule has 7 N–H and O–H groups in total. The van der Waals surface area contributed by atoms with Crippen LogP contribution in [0.3, 0.4) is 0 Å². The van der Waals surface area contributed by atoms with Gasteiger partial charge in [0.05, 0.1) is 6.61 Å². The van der Waals surface area contributed by atoms with E-state index in [2.05, 4.69) is 58.8 Å². The average Bonchev–Trinajstić information content (AvgIpc) is 3.10. The first-order chi connectivity index (χ1) is 25.1. The van der Waals surface area contributed by atoms with Crippen LogP contribution < -0.4 is 0 Å². The SMILES string of the molecule is CC#CC#CC#CC#CC(=O)OC[C@H](COP(=O)(O)OC1C(O)[C@H](O)C(OP(=O)(O)O)C(O)[C@@H]1O)OC(=O)CCCCCCCCCCCCCCC. The number of hydrogen-bond donors (Lipinski definition) is 7. The van der Waals surface area contributed by atoms with Crippen molar-refractivity contribution in [2.24, 2.45) is 0 Å². The third-order valence-corrected chi connectivity index (χ3v) is 9.27. The van der Waals surface area contributed by atoms with Crippen LogP contribution in [0.1, 0.15) is 104 Å². The van der Waals surface area contributed by atoms with E-state index in [0.717, 1.165) is 25.7 Å². The summed E-state index contributed by atoms with van der Waals surface area (Å²) in [6, 6.07) is 0. The number of phosphoric acid groups is 2. The first-order valence-electron chi connectivity index (χ1n) is 17.5. The van der Waals surface area contributed by atoms with Gasteiger partial charge in [0, 0.05) is 12.3 Å². The van der Waals surface area contributed by atoms with Crippen molar-refractivity contribution in [1.29, 1.82) is 0 Å². The molecular formula is C35H52O16P2. The van der Waals surface area contributed by atoms with Crippen molar-refractivity contribution in [1.82, 2.24) is 0 Å². The van der Waals surface area contributed by atoms with E-state index in [0.29, 0.717) is 6.42 Å². The second kappa shape index (κ2) is 26.9. The van der Waals surface area contributed by atoms with Crippen LogP contribution in [0.2, 0.25) is 0 Å². The van der Waals surface area contributed by atoms with Gasteiger partial charge in [-0.3, -0.25) is 18.4 Å².